The standard InChI is InChI=1S/C17H17N3O3S/c1-11(2)15-19-16(24-10-12-6-4-3-5-7-12)13(8-18)17(23)20(15)9-14(21)22/h3-7,11H,9-10H2,1-2H3,(H,21,22). The van der Waals surface area contributed by atoms with E-state index in [1.54, 1.807) is 0 Å². The van der Waals surface area contributed by atoms with Crippen molar-refractivity contribution in [1.29, 1.82) is 5.26 Å². The predicted molar refractivity (Wildman–Crippen MR) is 90.9 cm³/mol. The van der Waals surface area contributed by atoms with Gasteiger partial charge in [0, 0.05) is 11.7 Å². The monoisotopic (exact) mass is 343 g/mol. The molecule has 0 amide bonds. The molecule has 1 aromatic heterocycles. The highest BCUT2D eigenvalue weighted by Gasteiger charge is 2.20. The summed E-state index contributed by atoms with van der Waals surface area (Å²) in [6.45, 7) is 3.16. The number of nitriles is 1. The molecular weight excluding hydrogens is 326 g/mol. The van der Waals surface area contributed by atoms with E-state index in [4.69, 9.17) is 5.11 Å². The summed E-state index contributed by atoms with van der Waals surface area (Å²) in [6.07, 6.45) is 0. The van der Waals surface area contributed by atoms with E-state index in [0.717, 1.165) is 10.1 Å². The third-order valence-electron chi connectivity index (χ3n) is 3.31. The Bertz CT molecular complexity index is 839. The molecule has 1 heterocycles. The first-order valence-electron chi connectivity index (χ1n) is 7.37. The minimum atomic E-state index is -1.14. The Hall–Kier alpha value is -2.59. The quantitative estimate of drug-likeness (QED) is 0.640. The number of rotatable bonds is 6. The number of carboxylic acid groups (broad SMARTS) is 1. The van der Waals surface area contributed by atoms with Crippen molar-refractivity contribution in [1.82, 2.24) is 9.55 Å². The third-order valence-corrected chi connectivity index (χ3v) is 4.35. The van der Waals surface area contributed by atoms with Crippen LogP contribution < -0.4 is 5.56 Å². The smallest absolute Gasteiger partial charge is 0.323 e. The Morgan fingerprint density at radius 1 is 1.38 bits per heavy atom. The lowest BCUT2D eigenvalue weighted by Crippen LogP contribution is -2.31. The number of hydrogen-bond donors (Lipinski definition) is 1. The summed E-state index contributed by atoms with van der Waals surface area (Å²) >= 11 is 1.30. The second-order valence-corrected chi connectivity index (χ2v) is 6.44. The van der Waals surface area contributed by atoms with E-state index in [1.807, 2.05) is 50.2 Å². The summed E-state index contributed by atoms with van der Waals surface area (Å²) in [5.74, 6) is -0.338. The van der Waals surface area contributed by atoms with Gasteiger partial charge in [0.05, 0.1) is 0 Å². The second-order valence-electron chi connectivity index (χ2n) is 5.48. The lowest BCUT2D eigenvalue weighted by atomic mass is 10.2. The van der Waals surface area contributed by atoms with E-state index in [0.29, 0.717) is 16.6 Å². The van der Waals surface area contributed by atoms with Gasteiger partial charge < -0.3 is 5.11 Å². The molecule has 1 N–H and O–H groups in total. The maximum absolute atomic E-state index is 12.5. The molecule has 0 bridgehead atoms. The van der Waals surface area contributed by atoms with Crippen molar-refractivity contribution in [2.75, 3.05) is 0 Å². The van der Waals surface area contributed by atoms with Gasteiger partial charge in [-0.3, -0.25) is 14.2 Å². The lowest BCUT2D eigenvalue weighted by Gasteiger charge is -2.15. The van der Waals surface area contributed by atoms with E-state index >= 15 is 0 Å². The molecule has 0 radical (unpaired) electrons. The maximum atomic E-state index is 12.5. The van der Waals surface area contributed by atoms with Crippen LogP contribution in [0.4, 0.5) is 0 Å². The van der Waals surface area contributed by atoms with E-state index in [1.165, 1.54) is 11.8 Å². The molecule has 2 aromatic rings. The average molecular weight is 343 g/mol. The molecule has 2 rings (SSSR count). The van der Waals surface area contributed by atoms with Crippen LogP contribution in [0.15, 0.2) is 40.2 Å². The molecule has 0 aliphatic carbocycles. The van der Waals surface area contributed by atoms with Crippen LogP contribution in [-0.4, -0.2) is 20.6 Å². The molecule has 0 aliphatic heterocycles. The zero-order valence-electron chi connectivity index (χ0n) is 13.4. The van der Waals surface area contributed by atoms with E-state index < -0.39 is 18.1 Å². The molecule has 0 saturated heterocycles. The van der Waals surface area contributed by atoms with Crippen molar-refractivity contribution < 1.29 is 9.90 Å². The second kappa shape index (κ2) is 7.79. The highest BCUT2D eigenvalue weighted by molar-refractivity contribution is 7.98. The highest BCUT2D eigenvalue weighted by atomic mass is 32.2. The zero-order chi connectivity index (χ0) is 17.7. The topological polar surface area (TPSA) is 96.0 Å². The molecule has 124 valence electrons. The summed E-state index contributed by atoms with van der Waals surface area (Å²) < 4.78 is 1.07. The summed E-state index contributed by atoms with van der Waals surface area (Å²) in [5, 5.41) is 18.7. The predicted octanol–water partition coefficient (Wildman–Crippen LogP) is 2.62. The van der Waals surface area contributed by atoms with Gasteiger partial charge in [0.15, 0.2) is 0 Å². The molecule has 24 heavy (non-hydrogen) atoms. The van der Waals surface area contributed by atoms with Gasteiger partial charge in [-0.2, -0.15) is 5.26 Å². The highest BCUT2D eigenvalue weighted by Crippen LogP contribution is 2.24. The van der Waals surface area contributed by atoms with Crippen LogP contribution in [0.5, 0.6) is 0 Å². The Labute approximate surface area is 143 Å². The normalized spacial score (nSPS) is 10.6. The third kappa shape index (κ3) is 4.03. The van der Waals surface area contributed by atoms with Crippen LogP contribution in [0.1, 0.15) is 36.7 Å². The Balaban J connectivity index is 2.46. The molecule has 0 unspecified atom stereocenters. The van der Waals surface area contributed by atoms with E-state index in [-0.39, 0.29) is 11.5 Å². The van der Waals surface area contributed by atoms with Crippen molar-refractivity contribution in [3.63, 3.8) is 0 Å². The average Bonchev–Trinajstić information content (AvgIpc) is 2.55. The Morgan fingerprint density at radius 3 is 2.58 bits per heavy atom. The molecule has 0 spiro atoms. The molecular formula is C17H17N3O3S. The van der Waals surface area contributed by atoms with Gasteiger partial charge in [-0.1, -0.05) is 44.2 Å². The van der Waals surface area contributed by atoms with Crippen LogP contribution in [0.25, 0.3) is 0 Å². The van der Waals surface area contributed by atoms with Crippen molar-refractivity contribution in [2.24, 2.45) is 0 Å². The Morgan fingerprint density at radius 2 is 2.04 bits per heavy atom. The Kier molecular flexibility index (Phi) is 5.77. The van der Waals surface area contributed by atoms with Crippen molar-refractivity contribution in [2.45, 2.75) is 37.1 Å². The van der Waals surface area contributed by atoms with Crippen molar-refractivity contribution in [3.8, 4) is 6.07 Å². The SMILES string of the molecule is CC(C)c1nc(SCc2ccccc2)c(C#N)c(=O)n1CC(=O)O. The molecule has 0 aliphatic rings. The fourth-order valence-corrected chi connectivity index (χ4v) is 3.14. The van der Waals surface area contributed by atoms with Crippen molar-refractivity contribution in [3.05, 3.63) is 57.6 Å². The van der Waals surface area contributed by atoms with Crippen LogP contribution >= 0.6 is 11.8 Å². The molecule has 0 fully saturated rings. The zero-order valence-corrected chi connectivity index (χ0v) is 14.2. The van der Waals surface area contributed by atoms with Crippen LogP contribution in [0.3, 0.4) is 0 Å². The fraction of sp³-hybridized carbons (Fsp3) is 0.294. The van der Waals surface area contributed by atoms with E-state index in [9.17, 15) is 14.9 Å². The van der Waals surface area contributed by atoms with Crippen molar-refractivity contribution >= 4 is 17.7 Å². The number of nitrogens with zero attached hydrogens (tertiary/aromatic N) is 3. The number of thioether (sulfide) groups is 1. The number of hydrogen-bond acceptors (Lipinski definition) is 5. The first kappa shape index (κ1) is 17.8. The molecule has 6 nitrogen and oxygen atoms in total. The minimum Gasteiger partial charge on any atom is -0.480 e. The number of carbonyl (C=O) groups is 1. The van der Waals surface area contributed by atoms with Gasteiger partial charge in [0.25, 0.3) is 5.56 Å². The first-order chi connectivity index (χ1) is 11.4. The lowest BCUT2D eigenvalue weighted by molar-refractivity contribution is -0.137. The molecule has 7 heteroatoms. The summed E-state index contributed by atoms with van der Waals surface area (Å²) in [5.41, 5.74) is 0.338. The van der Waals surface area contributed by atoms with Gasteiger partial charge >= 0.3 is 5.97 Å². The van der Waals surface area contributed by atoms with Gasteiger partial charge in [0.2, 0.25) is 0 Å². The van der Waals surface area contributed by atoms with Crippen LogP contribution in [0, 0.1) is 11.3 Å². The number of aliphatic carboxylic acids is 1. The van der Waals surface area contributed by atoms with Gasteiger partial charge in [-0.15, -0.1) is 11.8 Å². The summed E-state index contributed by atoms with van der Waals surface area (Å²) in [4.78, 5) is 27.9. The molecule has 0 atom stereocenters. The number of aromatic nitrogens is 2. The maximum Gasteiger partial charge on any atom is 0.323 e. The minimum absolute atomic E-state index is 0.110. The molecule has 1 aromatic carbocycles. The van der Waals surface area contributed by atoms with E-state index in [2.05, 4.69) is 4.98 Å². The fourth-order valence-electron chi connectivity index (χ4n) is 2.21. The molecule has 0 saturated carbocycles. The van der Waals surface area contributed by atoms with Gasteiger partial charge in [-0.05, 0) is 5.56 Å². The van der Waals surface area contributed by atoms with Crippen LogP contribution in [0.2, 0.25) is 0 Å². The number of carboxylic acids is 1. The summed E-state index contributed by atoms with van der Waals surface area (Å²) in [6, 6.07) is 11.5. The number of benzene rings is 1. The largest absolute Gasteiger partial charge is 0.480 e. The van der Waals surface area contributed by atoms with Gasteiger partial charge in [0.1, 0.15) is 29.0 Å². The van der Waals surface area contributed by atoms with Gasteiger partial charge in [-0.25, -0.2) is 4.98 Å². The first-order valence-corrected chi connectivity index (χ1v) is 8.36. The van der Waals surface area contributed by atoms with Crippen LogP contribution in [-0.2, 0) is 17.1 Å². The summed E-state index contributed by atoms with van der Waals surface area (Å²) in [7, 11) is 0.